The van der Waals surface area contributed by atoms with E-state index in [1.54, 1.807) is 6.92 Å². The van der Waals surface area contributed by atoms with E-state index in [2.05, 4.69) is 4.98 Å². The molecule has 2 N–H and O–H groups in total. The van der Waals surface area contributed by atoms with Crippen molar-refractivity contribution in [1.29, 1.82) is 0 Å². The summed E-state index contributed by atoms with van der Waals surface area (Å²) in [5.74, 6) is -2.51. The molecule has 1 aromatic heterocycles. The van der Waals surface area contributed by atoms with Crippen molar-refractivity contribution in [2.24, 2.45) is 0 Å². The third kappa shape index (κ3) is 3.92. The molecule has 10 heteroatoms. The number of benzene rings is 2. The quantitative estimate of drug-likeness (QED) is 0.284. The highest BCUT2D eigenvalue weighted by Crippen LogP contribution is 2.42. The van der Waals surface area contributed by atoms with E-state index in [1.165, 1.54) is 11.0 Å². The number of ketones is 1. The number of aromatic nitrogens is 1. The minimum absolute atomic E-state index is 0.162. The van der Waals surface area contributed by atoms with Crippen LogP contribution in [0.15, 0.2) is 59.9 Å². The third-order valence-electron chi connectivity index (χ3n) is 5.55. The molecule has 2 heterocycles. The van der Waals surface area contributed by atoms with Crippen molar-refractivity contribution in [2.75, 3.05) is 6.54 Å². The van der Waals surface area contributed by atoms with E-state index >= 15 is 0 Å². The molecule has 1 unspecified atom stereocenters. The van der Waals surface area contributed by atoms with Gasteiger partial charge in [0.25, 0.3) is 5.91 Å². The Bertz CT molecular complexity index is 1330. The number of phenolic OH excluding ortho intramolecular Hbond substituents is 1. The molecule has 34 heavy (non-hydrogen) atoms. The van der Waals surface area contributed by atoms with E-state index in [0.29, 0.717) is 17.1 Å². The van der Waals surface area contributed by atoms with Crippen LogP contribution in [0.4, 0.5) is 5.69 Å². The van der Waals surface area contributed by atoms with Gasteiger partial charge in [-0.2, -0.15) is 0 Å². The zero-order chi connectivity index (χ0) is 24.6. The number of aliphatic hydroxyl groups is 1. The number of rotatable bonds is 7. The molecule has 174 valence electrons. The summed E-state index contributed by atoms with van der Waals surface area (Å²) in [6, 6.07) is 11.9. The van der Waals surface area contributed by atoms with Gasteiger partial charge < -0.3 is 15.1 Å². The number of carbonyl (C=O) groups is 2. The van der Waals surface area contributed by atoms with Crippen LogP contribution in [0.5, 0.6) is 5.75 Å². The molecule has 0 radical (unpaired) electrons. The van der Waals surface area contributed by atoms with Gasteiger partial charge in [0, 0.05) is 18.2 Å². The van der Waals surface area contributed by atoms with Crippen molar-refractivity contribution in [2.45, 2.75) is 26.3 Å². The Morgan fingerprint density at radius 2 is 1.91 bits per heavy atom. The summed E-state index contributed by atoms with van der Waals surface area (Å²) >= 11 is 1.15. The molecular formula is C24H21N3O6S. The molecule has 0 saturated carbocycles. The van der Waals surface area contributed by atoms with Crippen LogP contribution in [-0.2, 0) is 4.79 Å². The number of aryl methyl sites for hydroxylation is 1. The Balaban J connectivity index is 1.83. The normalized spacial score (nSPS) is 15.8. The number of hydrogen-bond acceptors (Lipinski definition) is 8. The van der Waals surface area contributed by atoms with Gasteiger partial charge in [0.2, 0.25) is 5.78 Å². The van der Waals surface area contributed by atoms with Crippen molar-refractivity contribution in [3.05, 3.63) is 86.1 Å². The van der Waals surface area contributed by atoms with Crippen LogP contribution >= 0.6 is 11.3 Å². The molecule has 2 aromatic carbocycles. The highest BCUT2D eigenvalue weighted by atomic mass is 32.1. The number of thiazole rings is 1. The Kier molecular flexibility index (Phi) is 6.16. The molecule has 1 amide bonds. The number of Topliss-reactive ketones (excluding diaryl/α,β-unsaturated/α-hetero) is 1. The van der Waals surface area contributed by atoms with Gasteiger partial charge in [-0.25, -0.2) is 4.98 Å². The summed E-state index contributed by atoms with van der Waals surface area (Å²) in [5, 5.41) is 32.6. The number of nitrogens with zero attached hydrogens (tertiary/aromatic N) is 3. The lowest BCUT2D eigenvalue weighted by Crippen LogP contribution is -2.31. The molecule has 0 aliphatic carbocycles. The smallest absolute Gasteiger partial charge is 0.311 e. The van der Waals surface area contributed by atoms with E-state index < -0.39 is 39.9 Å². The molecule has 9 nitrogen and oxygen atoms in total. The second-order valence-electron chi connectivity index (χ2n) is 7.80. The Hall–Kier alpha value is -4.05. The Morgan fingerprint density at radius 1 is 1.21 bits per heavy atom. The molecule has 1 aliphatic heterocycles. The lowest BCUT2D eigenvalue weighted by Gasteiger charge is -2.26. The van der Waals surface area contributed by atoms with E-state index in [9.17, 15) is 29.9 Å². The molecular weight excluding hydrogens is 458 g/mol. The monoisotopic (exact) mass is 479 g/mol. The molecule has 4 rings (SSSR count). The number of hydrogen-bond donors (Lipinski definition) is 2. The highest BCUT2D eigenvalue weighted by Gasteiger charge is 2.44. The van der Waals surface area contributed by atoms with Crippen LogP contribution in [0.1, 0.15) is 40.3 Å². The zero-order valence-corrected chi connectivity index (χ0v) is 19.2. The average molecular weight is 480 g/mol. The minimum atomic E-state index is -1.04. The average Bonchev–Trinajstić information content (AvgIpc) is 3.33. The van der Waals surface area contributed by atoms with Gasteiger partial charge in [-0.1, -0.05) is 43.3 Å². The second kappa shape index (κ2) is 9.06. The first-order valence-corrected chi connectivity index (χ1v) is 11.3. The maximum absolute atomic E-state index is 13.7. The summed E-state index contributed by atoms with van der Waals surface area (Å²) in [4.78, 5) is 43.3. The van der Waals surface area contributed by atoms with Crippen molar-refractivity contribution in [3.63, 3.8) is 0 Å². The lowest BCUT2D eigenvalue weighted by molar-refractivity contribution is -0.385. The van der Waals surface area contributed by atoms with Crippen LogP contribution in [0, 0.1) is 17.0 Å². The van der Waals surface area contributed by atoms with Gasteiger partial charge in [0.1, 0.15) is 5.01 Å². The molecule has 0 spiro atoms. The first kappa shape index (κ1) is 23.1. The van der Waals surface area contributed by atoms with E-state index in [4.69, 9.17) is 0 Å². The molecule has 0 fully saturated rings. The topological polar surface area (TPSA) is 134 Å². The van der Waals surface area contributed by atoms with Crippen molar-refractivity contribution < 1.29 is 24.7 Å². The van der Waals surface area contributed by atoms with Gasteiger partial charge in [-0.15, -0.1) is 11.3 Å². The fourth-order valence-electron chi connectivity index (χ4n) is 3.99. The van der Waals surface area contributed by atoms with Crippen LogP contribution in [0.25, 0.3) is 10.6 Å². The first-order chi connectivity index (χ1) is 16.2. The van der Waals surface area contributed by atoms with Crippen molar-refractivity contribution >= 4 is 28.7 Å². The van der Waals surface area contributed by atoms with Gasteiger partial charge in [0.05, 0.1) is 27.1 Å². The summed E-state index contributed by atoms with van der Waals surface area (Å²) in [6.45, 7) is 3.73. The number of carbonyl (C=O) groups excluding carboxylic acids is 2. The second-order valence-corrected chi connectivity index (χ2v) is 8.80. The fourth-order valence-corrected chi connectivity index (χ4v) is 5.02. The highest BCUT2D eigenvalue weighted by molar-refractivity contribution is 7.17. The number of phenols is 1. The molecule has 0 bridgehead atoms. The number of aliphatic hydroxyl groups excluding tert-OH is 1. The summed E-state index contributed by atoms with van der Waals surface area (Å²) in [6.07, 6.45) is 0.537. The molecule has 0 saturated heterocycles. The summed E-state index contributed by atoms with van der Waals surface area (Å²) in [7, 11) is 0. The molecule has 3 aromatic rings. The van der Waals surface area contributed by atoms with Gasteiger partial charge in [0.15, 0.2) is 11.5 Å². The van der Waals surface area contributed by atoms with Crippen LogP contribution in [-0.4, -0.2) is 43.3 Å². The van der Waals surface area contributed by atoms with Crippen molar-refractivity contribution in [1.82, 2.24) is 9.88 Å². The van der Waals surface area contributed by atoms with E-state index in [0.717, 1.165) is 29.0 Å². The minimum Gasteiger partial charge on any atom is -0.503 e. The van der Waals surface area contributed by atoms with Crippen LogP contribution in [0.3, 0.4) is 0 Å². The summed E-state index contributed by atoms with van der Waals surface area (Å²) in [5.41, 5.74) is 0.800. The maximum Gasteiger partial charge on any atom is 0.311 e. The number of nitro groups is 1. The number of amides is 1. The van der Waals surface area contributed by atoms with E-state index in [-0.39, 0.29) is 22.6 Å². The SMILES string of the molecule is CCCN1C(=O)C(O)=C(C(=O)c2sc(-c3ccccc3)nc2C)C1c1ccc(O)c([N+](=O)[O-])c1. The number of aromatic hydroxyl groups is 1. The maximum atomic E-state index is 13.7. The van der Waals surface area contributed by atoms with Gasteiger partial charge in [-0.05, 0) is 25.0 Å². The summed E-state index contributed by atoms with van der Waals surface area (Å²) < 4.78 is 0. The van der Waals surface area contributed by atoms with Gasteiger partial charge in [-0.3, -0.25) is 19.7 Å². The predicted octanol–water partition coefficient (Wildman–Crippen LogP) is 4.72. The van der Waals surface area contributed by atoms with Gasteiger partial charge >= 0.3 is 5.69 Å². The third-order valence-corrected chi connectivity index (χ3v) is 6.75. The number of nitro benzene ring substituents is 1. The standard InChI is InChI=1S/C24H21N3O6S/c1-3-11-26-19(15-9-10-17(28)16(12-15)27(32)33)18(21(30)24(26)31)20(29)22-13(2)25-23(34-22)14-7-5-4-6-8-14/h4-10,12,19,28,30H,3,11H2,1-2H3. The van der Waals surface area contributed by atoms with Crippen LogP contribution < -0.4 is 0 Å². The van der Waals surface area contributed by atoms with E-state index in [1.807, 2.05) is 37.3 Å². The largest absolute Gasteiger partial charge is 0.503 e. The van der Waals surface area contributed by atoms with Crippen LogP contribution in [0.2, 0.25) is 0 Å². The zero-order valence-electron chi connectivity index (χ0n) is 18.4. The van der Waals surface area contributed by atoms with Crippen molar-refractivity contribution in [3.8, 4) is 16.3 Å². The fraction of sp³-hybridized carbons (Fsp3) is 0.208. The molecule has 1 aliphatic rings. The Labute approximate surface area is 198 Å². The molecule has 1 atom stereocenters. The Morgan fingerprint density at radius 3 is 2.56 bits per heavy atom. The predicted molar refractivity (Wildman–Crippen MR) is 126 cm³/mol. The first-order valence-electron chi connectivity index (χ1n) is 10.5. The lowest BCUT2D eigenvalue weighted by atomic mass is 9.94.